The van der Waals surface area contributed by atoms with Crippen LogP contribution in [0, 0.1) is 0 Å². The van der Waals surface area contributed by atoms with Crippen LogP contribution in [0.5, 0.6) is 11.5 Å². The highest BCUT2D eigenvalue weighted by atomic mass is 16.3. The quantitative estimate of drug-likeness (QED) is 0.373. The zero-order valence-electron chi connectivity index (χ0n) is 16.4. The van der Waals surface area contributed by atoms with Crippen LogP contribution >= 0.6 is 0 Å². The number of aromatic hydroxyl groups is 2. The van der Waals surface area contributed by atoms with Crippen LogP contribution in [0.25, 0.3) is 21.9 Å². The topological polar surface area (TPSA) is 123 Å². The Morgan fingerprint density at radius 2 is 1.90 bits per heavy atom. The molecule has 2 aromatic carbocycles. The van der Waals surface area contributed by atoms with E-state index in [9.17, 15) is 10.2 Å². The standard InChI is InChI=1S/C22H25N5O2/c1-2-3-4-19-26-20-21(27(19)12-14-10-15(28)6-8-18(14)29)16-7-5-13(11-23)9-17(16)25-22(20)24/h5-10,28-29H,2-4,11-12,23H2,1H3,(H2,24,25). The molecule has 6 N–H and O–H groups in total. The van der Waals surface area contributed by atoms with Gasteiger partial charge in [-0.25, -0.2) is 9.97 Å². The van der Waals surface area contributed by atoms with Crippen LogP contribution < -0.4 is 11.5 Å². The molecule has 0 radical (unpaired) electrons. The second-order valence-electron chi connectivity index (χ2n) is 7.28. The summed E-state index contributed by atoms with van der Waals surface area (Å²) < 4.78 is 2.07. The summed E-state index contributed by atoms with van der Waals surface area (Å²) in [5.41, 5.74) is 15.9. The van der Waals surface area contributed by atoms with Gasteiger partial charge in [0.15, 0.2) is 5.82 Å². The van der Waals surface area contributed by atoms with Gasteiger partial charge in [-0.1, -0.05) is 25.5 Å². The molecule has 0 fully saturated rings. The number of phenolic OH excluding ortho intramolecular Hbond substituents is 2. The number of benzene rings is 2. The molecule has 4 rings (SSSR count). The zero-order valence-corrected chi connectivity index (χ0v) is 16.4. The van der Waals surface area contributed by atoms with Gasteiger partial charge in [-0.15, -0.1) is 0 Å². The maximum atomic E-state index is 10.3. The minimum atomic E-state index is 0.107. The number of aryl methyl sites for hydroxylation is 1. The number of rotatable bonds is 6. The minimum Gasteiger partial charge on any atom is -0.508 e. The average molecular weight is 391 g/mol. The molecule has 0 atom stereocenters. The Balaban J connectivity index is 1.99. The Hall–Kier alpha value is -3.32. The van der Waals surface area contributed by atoms with Crippen LogP contribution in [0.1, 0.15) is 36.7 Å². The van der Waals surface area contributed by atoms with E-state index in [1.807, 2.05) is 18.2 Å². The second-order valence-corrected chi connectivity index (χ2v) is 7.28. The molecule has 0 aliphatic heterocycles. The highest BCUT2D eigenvalue weighted by molar-refractivity contribution is 6.06. The van der Waals surface area contributed by atoms with Gasteiger partial charge < -0.3 is 26.2 Å². The smallest absolute Gasteiger partial charge is 0.152 e. The van der Waals surface area contributed by atoms with E-state index >= 15 is 0 Å². The molecule has 29 heavy (non-hydrogen) atoms. The fourth-order valence-corrected chi connectivity index (χ4v) is 3.70. The summed E-state index contributed by atoms with van der Waals surface area (Å²) in [7, 11) is 0. The van der Waals surface area contributed by atoms with Gasteiger partial charge in [-0.2, -0.15) is 0 Å². The van der Waals surface area contributed by atoms with Crippen molar-refractivity contribution in [1.29, 1.82) is 0 Å². The van der Waals surface area contributed by atoms with E-state index in [2.05, 4.69) is 16.5 Å². The van der Waals surface area contributed by atoms with Gasteiger partial charge in [0.25, 0.3) is 0 Å². The molecular formula is C22H25N5O2. The predicted molar refractivity (Wildman–Crippen MR) is 115 cm³/mol. The van der Waals surface area contributed by atoms with E-state index < -0.39 is 0 Å². The monoisotopic (exact) mass is 391 g/mol. The first-order chi connectivity index (χ1) is 14.0. The molecule has 0 aliphatic rings. The minimum absolute atomic E-state index is 0.107. The first kappa shape index (κ1) is 19.0. The van der Waals surface area contributed by atoms with Crippen molar-refractivity contribution in [3.63, 3.8) is 0 Å². The van der Waals surface area contributed by atoms with Crippen LogP contribution in [0.3, 0.4) is 0 Å². The summed E-state index contributed by atoms with van der Waals surface area (Å²) >= 11 is 0. The highest BCUT2D eigenvalue weighted by Gasteiger charge is 2.18. The van der Waals surface area contributed by atoms with Crippen LogP contribution in [0.15, 0.2) is 36.4 Å². The lowest BCUT2D eigenvalue weighted by molar-refractivity contribution is 0.452. The number of phenols is 2. The maximum Gasteiger partial charge on any atom is 0.152 e. The summed E-state index contributed by atoms with van der Waals surface area (Å²) in [4.78, 5) is 9.34. The van der Waals surface area contributed by atoms with Crippen LogP contribution in [0.2, 0.25) is 0 Å². The summed E-state index contributed by atoms with van der Waals surface area (Å²) in [6.45, 7) is 2.93. The van der Waals surface area contributed by atoms with Gasteiger partial charge in [0.1, 0.15) is 22.8 Å². The molecule has 7 heteroatoms. The Morgan fingerprint density at radius 1 is 1.07 bits per heavy atom. The van der Waals surface area contributed by atoms with E-state index in [0.29, 0.717) is 30.0 Å². The second kappa shape index (κ2) is 7.60. The average Bonchev–Trinajstić information content (AvgIpc) is 3.08. The number of nitrogens with two attached hydrogens (primary N) is 2. The van der Waals surface area contributed by atoms with E-state index in [1.165, 1.54) is 12.1 Å². The molecule has 0 bridgehead atoms. The number of hydrogen-bond donors (Lipinski definition) is 4. The molecule has 2 heterocycles. The molecule has 0 saturated heterocycles. The lowest BCUT2D eigenvalue weighted by Gasteiger charge is -2.13. The first-order valence-corrected chi connectivity index (χ1v) is 9.80. The van der Waals surface area contributed by atoms with Crippen molar-refractivity contribution in [3.8, 4) is 11.5 Å². The zero-order chi connectivity index (χ0) is 20.5. The Labute approximate surface area is 168 Å². The summed E-state index contributed by atoms with van der Waals surface area (Å²) in [5.74, 6) is 1.49. The largest absolute Gasteiger partial charge is 0.508 e. The van der Waals surface area contributed by atoms with Gasteiger partial charge in [-0.3, -0.25) is 0 Å². The summed E-state index contributed by atoms with van der Waals surface area (Å²) in [6.07, 6.45) is 2.80. The number of hydrogen-bond acceptors (Lipinski definition) is 6. The number of nitrogens with zero attached hydrogens (tertiary/aromatic N) is 3. The Kier molecular flexibility index (Phi) is 4.98. The normalized spacial score (nSPS) is 11.5. The van der Waals surface area contributed by atoms with Crippen LogP contribution in [0.4, 0.5) is 5.82 Å². The Morgan fingerprint density at radius 3 is 2.66 bits per heavy atom. The maximum absolute atomic E-state index is 10.3. The Bertz CT molecular complexity index is 1200. The van der Waals surface area contributed by atoms with Gasteiger partial charge in [0, 0.05) is 23.9 Å². The third-order valence-electron chi connectivity index (χ3n) is 5.23. The lowest BCUT2D eigenvalue weighted by Crippen LogP contribution is -2.06. The van der Waals surface area contributed by atoms with Crippen molar-refractivity contribution in [3.05, 3.63) is 53.3 Å². The molecule has 7 nitrogen and oxygen atoms in total. The summed E-state index contributed by atoms with van der Waals surface area (Å²) in [5, 5.41) is 21.1. The summed E-state index contributed by atoms with van der Waals surface area (Å²) in [6, 6.07) is 10.5. The van der Waals surface area contributed by atoms with Crippen molar-refractivity contribution < 1.29 is 10.2 Å². The van der Waals surface area contributed by atoms with Crippen molar-refractivity contribution in [2.75, 3.05) is 5.73 Å². The molecule has 4 aromatic rings. The van der Waals surface area contributed by atoms with Crippen molar-refractivity contribution >= 4 is 27.8 Å². The lowest BCUT2D eigenvalue weighted by atomic mass is 10.1. The van der Waals surface area contributed by atoms with Crippen molar-refractivity contribution in [2.45, 2.75) is 39.3 Å². The van der Waals surface area contributed by atoms with Crippen molar-refractivity contribution in [1.82, 2.24) is 14.5 Å². The number of nitrogen functional groups attached to an aromatic ring is 1. The molecule has 0 aliphatic carbocycles. The number of pyridine rings is 1. The van der Waals surface area contributed by atoms with E-state index in [4.69, 9.17) is 16.5 Å². The third-order valence-corrected chi connectivity index (χ3v) is 5.23. The third kappa shape index (κ3) is 3.45. The first-order valence-electron chi connectivity index (χ1n) is 9.80. The molecule has 0 amide bonds. The van der Waals surface area contributed by atoms with E-state index in [1.54, 1.807) is 6.07 Å². The molecule has 150 valence electrons. The van der Waals surface area contributed by atoms with Crippen molar-refractivity contribution in [2.24, 2.45) is 5.73 Å². The predicted octanol–water partition coefficient (Wildman–Crippen LogP) is 3.43. The van der Waals surface area contributed by atoms with E-state index in [0.717, 1.165) is 47.1 Å². The number of anilines is 1. The van der Waals surface area contributed by atoms with Gasteiger partial charge in [0.05, 0.1) is 17.6 Å². The number of unbranched alkanes of at least 4 members (excludes halogenated alkanes) is 1. The SMILES string of the molecule is CCCCc1nc2c(N)nc3cc(CN)ccc3c2n1Cc1cc(O)ccc1O. The van der Waals surface area contributed by atoms with Gasteiger partial charge in [0.2, 0.25) is 0 Å². The molecule has 0 saturated carbocycles. The van der Waals surface area contributed by atoms with Crippen LogP contribution in [-0.4, -0.2) is 24.7 Å². The van der Waals surface area contributed by atoms with Gasteiger partial charge in [-0.05, 0) is 36.2 Å². The molecule has 2 aromatic heterocycles. The number of fused-ring (bicyclic) bond motifs is 3. The molecular weight excluding hydrogens is 366 g/mol. The van der Waals surface area contributed by atoms with Gasteiger partial charge >= 0.3 is 0 Å². The fourth-order valence-electron chi connectivity index (χ4n) is 3.70. The van der Waals surface area contributed by atoms with E-state index in [-0.39, 0.29) is 11.5 Å². The molecule has 0 unspecified atom stereocenters. The molecule has 0 spiro atoms. The highest BCUT2D eigenvalue weighted by Crippen LogP contribution is 2.32. The fraction of sp³-hybridized carbons (Fsp3) is 0.273. The number of aromatic nitrogens is 3. The van der Waals surface area contributed by atoms with Crippen LogP contribution in [-0.2, 0) is 19.5 Å². The number of imidazole rings is 1.